The summed E-state index contributed by atoms with van der Waals surface area (Å²) in [4.78, 5) is 19.0. The van der Waals surface area contributed by atoms with E-state index < -0.39 is 23.4 Å². The molecule has 0 saturated carbocycles. The van der Waals surface area contributed by atoms with Crippen molar-refractivity contribution in [2.45, 2.75) is 58.4 Å². The summed E-state index contributed by atoms with van der Waals surface area (Å²) in [5, 5.41) is 13.6. The molecule has 8 nitrogen and oxygen atoms in total. The van der Waals surface area contributed by atoms with Crippen LogP contribution < -0.4 is 5.32 Å². The summed E-state index contributed by atoms with van der Waals surface area (Å²) in [5.41, 5.74) is -0.403. The standard InChI is InChI=1S/C28H32F3N7O/c1-5-37-10-8-28(31,9-11-37)26(39)18-6-7-23(32-14-18)35-27-33-15-21(30)24(36-27)19-12-20(29)25-22(13-19)38(16(2)3)17(4)34-25/h6-7,12-16,26,39H,5,8-11H2,1-4H3,(H,32,33,35,36)/t26-/m1/s1. The van der Waals surface area contributed by atoms with Gasteiger partial charge < -0.3 is 19.9 Å². The van der Waals surface area contributed by atoms with Crippen LogP contribution in [0.4, 0.5) is 24.9 Å². The summed E-state index contributed by atoms with van der Waals surface area (Å²) < 4.78 is 47.1. The lowest BCUT2D eigenvalue weighted by atomic mass is 9.85. The molecule has 0 amide bonds. The van der Waals surface area contributed by atoms with Crippen LogP contribution in [0, 0.1) is 18.6 Å². The number of pyridine rings is 1. The monoisotopic (exact) mass is 539 g/mol. The Morgan fingerprint density at radius 1 is 1.05 bits per heavy atom. The molecule has 1 aliphatic heterocycles. The summed E-state index contributed by atoms with van der Waals surface area (Å²) in [6.07, 6.45) is 1.62. The van der Waals surface area contributed by atoms with Crippen molar-refractivity contribution in [2.75, 3.05) is 25.0 Å². The van der Waals surface area contributed by atoms with E-state index >= 15 is 4.39 Å². The van der Waals surface area contributed by atoms with E-state index in [1.54, 1.807) is 25.1 Å². The van der Waals surface area contributed by atoms with E-state index in [9.17, 15) is 13.9 Å². The fourth-order valence-electron chi connectivity index (χ4n) is 5.26. The maximum atomic E-state index is 15.4. The minimum atomic E-state index is -1.71. The number of aromatic nitrogens is 5. The molecule has 0 spiro atoms. The smallest absolute Gasteiger partial charge is 0.229 e. The molecule has 4 heterocycles. The Labute approximate surface area is 224 Å². The third-order valence-corrected chi connectivity index (χ3v) is 7.43. The Morgan fingerprint density at radius 2 is 1.79 bits per heavy atom. The van der Waals surface area contributed by atoms with Crippen LogP contribution >= 0.6 is 0 Å². The van der Waals surface area contributed by atoms with Crippen molar-refractivity contribution in [3.63, 3.8) is 0 Å². The first-order valence-electron chi connectivity index (χ1n) is 13.1. The number of aryl methyl sites for hydroxylation is 1. The molecule has 0 bridgehead atoms. The average molecular weight is 540 g/mol. The van der Waals surface area contributed by atoms with Gasteiger partial charge in [0.05, 0.1) is 11.7 Å². The summed E-state index contributed by atoms with van der Waals surface area (Å²) in [6.45, 7) is 9.80. The number of aliphatic hydroxyl groups is 1. The number of alkyl halides is 1. The quantitative estimate of drug-likeness (QED) is 0.313. The molecule has 11 heteroatoms. The van der Waals surface area contributed by atoms with E-state index in [0.29, 0.717) is 35.8 Å². The van der Waals surface area contributed by atoms with Crippen molar-refractivity contribution in [3.05, 3.63) is 59.7 Å². The fourth-order valence-corrected chi connectivity index (χ4v) is 5.26. The summed E-state index contributed by atoms with van der Waals surface area (Å²) >= 11 is 0. The zero-order valence-electron chi connectivity index (χ0n) is 22.4. The summed E-state index contributed by atoms with van der Waals surface area (Å²) in [7, 11) is 0. The number of fused-ring (bicyclic) bond motifs is 1. The van der Waals surface area contributed by atoms with Gasteiger partial charge in [-0.2, -0.15) is 0 Å². The molecule has 39 heavy (non-hydrogen) atoms. The lowest BCUT2D eigenvalue weighted by Crippen LogP contribution is -2.45. The van der Waals surface area contributed by atoms with E-state index in [4.69, 9.17) is 0 Å². The number of hydrogen-bond donors (Lipinski definition) is 2. The predicted octanol–water partition coefficient (Wildman–Crippen LogP) is 5.66. The molecule has 1 atom stereocenters. The van der Waals surface area contributed by atoms with Crippen LogP contribution in [0.1, 0.15) is 57.1 Å². The Balaban J connectivity index is 1.38. The summed E-state index contributed by atoms with van der Waals surface area (Å²) in [5.74, 6) is -0.242. The maximum Gasteiger partial charge on any atom is 0.229 e. The highest BCUT2D eigenvalue weighted by molar-refractivity contribution is 5.83. The number of anilines is 2. The second-order valence-corrected chi connectivity index (χ2v) is 10.3. The van der Waals surface area contributed by atoms with Crippen molar-refractivity contribution < 1.29 is 18.3 Å². The van der Waals surface area contributed by atoms with Gasteiger partial charge >= 0.3 is 0 Å². The zero-order chi connectivity index (χ0) is 27.9. The molecule has 1 aromatic carbocycles. The minimum absolute atomic E-state index is 0.0288. The van der Waals surface area contributed by atoms with Crippen LogP contribution in [0.25, 0.3) is 22.3 Å². The minimum Gasteiger partial charge on any atom is -0.385 e. The highest BCUT2D eigenvalue weighted by atomic mass is 19.1. The third kappa shape index (κ3) is 5.20. The highest BCUT2D eigenvalue weighted by Gasteiger charge is 2.41. The van der Waals surface area contributed by atoms with Gasteiger partial charge in [-0.05, 0) is 58.4 Å². The Morgan fingerprint density at radius 3 is 2.44 bits per heavy atom. The van der Waals surface area contributed by atoms with E-state index in [0.717, 1.165) is 12.7 Å². The number of rotatable bonds is 7. The Kier molecular flexibility index (Phi) is 7.30. The number of aliphatic hydroxyl groups excluding tert-OH is 1. The van der Waals surface area contributed by atoms with E-state index in [2.05, 4.69) is 30.2 Å². The van der Waals surface area contributed by atoms with Crippen molar-refractivity contribution >= 4 is 22.8 Å². The molecule has 206 valence electrons. The molecule has 5 rings (SSSR count). The lowest BCUT2D eigenvalue weighted by Gasteiger charge is -2.38. The SMILES string of the molecule is CCN1CCC(F)([C@H](O)c2ccc(Nc3ncc(F)c(-c4cc(F)c5nc(C)n(C(C)C)c5c4)n3)nc2)CC1. The van der Waals surface area contributed by atoms with Crippen LogP contribution in [0.2, 0.25) is 0 Å². The highest BCUT2D eigenvalue weighted by Crippen LogP contribution is 2.38. The van der Waals surface area contributed by atoms with E-state index in [1.165, 1.54) is 12.3 Å². The van der Waals surface area contributed by atoms with Gasteiger partial charge in [0.2, 0.25) is 5.95 Å². The number of hydrogen-bond acceptors (Lipinski definition) is 7. The Hall–Kier alpha value is -3.57. The largest absolute Gasteiger partial charge is 0.385 e. The number of imidazole rings is 1. The number of nitrogens with one attached hydrogen (secondary N) is 1. The van der Waals surface area contributed by atoms with E-state index in [1.807, 2.05) is 25.3 Å². The van der Waals surface area contributed by atoms with Crippen LogP contribution in [0.15, 0.2) is 36.7 Å². The molecule has 2 N–H and O–H groups in total. The van der Waals surface area contributed by atoms with Gasteiger partial charge in [0.25, 0.3) is 0 Å². The van der Waals surface area contributed by atoms with Crippen LogP contribution in [0.5, 0.6) is 0 Å². The normalized spacial score (nSPS) is 16.6. The van der Waals surface area contributed by atoms with Gasteiger partial charge in [-0.1, -0.05) is 13.0 Å². The van der Waals surface area contributed by atoms with Crippen molar-refractivity contribution in [1.82, 2.24) is 29.4 Å². The first-order valence-corrected chi connectivity index (χ1v) is 13.1. The van der Waals surface area contributed by atoms with Gasteiger partial charge in [-0.15, -0.1) is 0 Å². The first kappa shape index (κ1) is 27.0. The molecule has 1 saturated heterocycles. The van der Waals surface area contributed by atoms with Crippen molar-refractivity contribution in [1.29, 1.82) is 0 Å². The van der Waals surface area contributed by atoms with Gasteiger partial charge in [-0.25, -0.2) is 33.1 Å². The van der Waals surface area contributed by atoms with Gasteiger partial charge in [0, 0.05) is 36.5 Å². The second kappa shape index (κ2) is 10.5. The number of piperidine rings is 1. The number of benzene rings is 1. The lowest BCUT2D eigenvalue weighted by molar-refractivity contribution is -0.0517. The van der Waals surface area contributed by atoms with Gasteiger partial charge in [0.1, 0.15) is 34.6 Å². The number of halogens is 3. The number of nitrogens with zero attached hydrogens (tertiary/aromatic N) is 6. The van der Waals surface area contributed by atoms with Crippen molar-refractivity contribution in [2.24, 2.45) is 0 Å². The van der Waals surface area contributed by atoms with Crippen LogP contribution in [0.3, 0.4) is 0 Å². The fraction of sp³-hybridized carbons (Fsp3) is 0.429. The molecule has 0 radical (unpaired) electrons. The first-order chi connectivity index (χ1) is 18.6. The predicted molar refractivity (Wildman–Crippen MR) is 143 cm³/mol. The van der Waals surface area contributed by atoms with Crippen molar-refractivity contribution in [3.8, 4) is 11.3 Å². The second-order valence-electron chi connectivity index (χ2n) is 10.3. The van der Waals surface area contributed by atoms with Crippen LogP contribution in [-0.2, 0) is 0 Å². The molecule has 4 aromatic rings. The molecule has 1 fully saturated rings. The topological polar surface area (TPSA) is 92.0 Å². The van der Waals surface area contributed by atoms with E-state index in [-0.39, 0.29) is 41.6 Å². The maximum absolute atomic E-state index is 15.4. The number of likely N-dealkylation sites (tertiary alicyclic amines) is 1. The van der Waals surface area contributed by atoms with Gasteiger partial charge in [0.15, 0.2) is 11.6 Å². The summed E-state index contributed by atoms with van der Waals surface area (Å²) in [6, 6.07) is 6.07. The zero-order valence-corrected chi connectivity index (χ0v) is 22.4. The molecule has 3 aromatic heterocycles. The van der Waals surface area contributed by atoms with Gasteiger partial charge in [-0.3, -0.25) is 0 Å². The molecular weight excluding hydrogens is 507 g/mol. The van der Waals surface area contributed by atoms with Crippen LogP contribution in [-0.4, -0.2) is 59.8 Å². The molecule has 0 unspecified atom stereocenters. The third-order valence-electron chi connectivity index (χ3n) is 7.43. The average Bonchev–Trinajstić information content (AvgIpc) is 3.27. The molecule has 1 aliphatic rings. The molecular formula is C28H32F3N7O. The molecule has 0 aliphatic carbocycles. The Bertz CT molecular complexity index is 1480.